The number of hydrazine groups is 1. The zero-order chi connectivity index (χ0) is 25.6. The second-order valence-electron chi connectivity index (χ2n) is 7.48. The Morgan fingerprint density at radius 1 is 1.11 bits per heavy atom. The van der Waals surface area contributed by atoms with E-state index in [1.807, 2.05) is 24.3 Å². The monoisotopic (exact) mass is 610 g/mol. The first-order valence-electron chi connectivity index (χ1n) is 10.1. The van der Waals surface area contributed by atoms with Crippen molar-refractivity contribution in [1.82, 2.24) is 14.6 Å². The lowest BCUT2D eigenvalue weighted by atomic mass is 9.99. The van der Waals surface area contributed by atoms with Crippen molar-refractivity contribution in [3.05, 3.63) is 86.3 Å². The van der Waals surface area contributed by atoms with Gasteiger partial charge in [0.15, 0.2) is 16.2 Å². The number of nitrogens with zero attached hydrogens (tertiary/aromatic N) is 4. The number of alkyl halides is 3. The van der Waals surface area contributed by atoms with E-state index >= 15 is 0 Å². The number of hydrogen-bond donors (Lipinski definition) is 1. The number of rotatable bonds is 5. The van der Waals surface area contributed by atoms with Crippen LogP contribution in [0.3, 0.4) is 0 Å². The number of nitrogens with two attached hydrogens (primary N) is 1. The van der Waals surface area contributed by atoms with Gasteiger partial charge in [0.1, 0.15) is 5.02 Å². The molecule has 36 heavy (non-hydrogen) atoms. The van der Waals surface area contributed by atoms with Crippen LogP contribution in [0.1, 0.15) is 5.69 Å². The molecule has 3 aromatic heterocycles. The van der Waals surface area contributed by atoms with Gasteiger partial charge in [0.05, 0.1) is 21.7 Å². The maximum atomic E-state index is 14.6. The lowest BCUT2D eigenvalue weighted by Gasteiger charge is -2.18. The lowest BCUT2D eigenvalue weighted by Crippen LogP contribution is -2.17. The number of benzene rings is 2. The molecule has 0 amide bonds. The van der Waals surface area contributed by atoms with E-state index in [9.17, 15) is 18.1 Å². The summed E-state index contributed by atoms with van der Waals surface area (Å²) in [5.41, 5.74) is -1.27. The maximum Gasteiger partial charge on any atom is 0.434 e. The Kier molecular flexibility index (Phi) is 6.54. The molecule has 0 bridgehead atoms. The third kappa shape index (κ3) is 4.73. The van der Waals surface area contributed by atoms with Gasteiger partial charge in [0.25, 0.3) is 5.69 Å². The fourth-order valence-corrected chi connectivity index (χ4v) is 5.71. The SMILES string of the molecule is N[N+](=O)c1cc(Sc2ccc(Br)cc2)cc(-c2c(-c3cccs3)nc3c(Cl)cnn3c2C(F)(F)F)c1. The highest BCUT2D eigenvalue weighted by Crippen LogP contribution is 2.45. The predicted molar refractivity (Wildman–Crippen MR) is 137 cm³/mol. The summed E-state index contributed by atoms with van der Waals surface area (Å²) in [4.78, 5) is 18.5. The van der Waals surface area contributed by atoms with E-state index in [0.717, 1.165) is 15.6 Å². The summed E-state index contributed by atoms with van der Waals surface area (Å²) in [6, 6.07) is 15.1. The molecule has 2 N–H and O–H groups in total. The molecule has 5 aromatic rings. The van der Waals surface area contributed by atoms with Crippen LogP contribution in [0.15, 0.2) is 80.4 Å². The minimum Gasteiger partial charge on any atom is -0.226 e. The molecule has 0 unspecified atom stereocenters. The molecule has 0 spiro atoms. The average molecular weight is 612 g/mol. The zero-order valence-corrected chi connectivity index (χ0v) is 21.8. The summed E-state index contributed by atoms with van der Waals surface area (Å²) in [6.07, 6.45) is -3.71. The third-order valence-electron chi connectivity index (χ3n) is 5.11. The normalized spacial score (nSPS) is 11.8. The number of nitroso groups, excluding NO2 is 1. The average Bonchev–Trinajstić information content (AvgIpc) is 3.49. The number of halogens is 5. The largest absolute Gasteiger partial charge is 0.434 e. The van der Waals surface area contributed by atoms with Crippen LogP contribution >= 0.6 is 50.6 Å². The van der Waals surface area contributed by atoms with E-state index in [1.54, 1.807) is 23.6 Å². The van der Waals surface area contributed by atoms with Gasteiger partial charge in [-0.2, -0.15) is 24.1 Å². The summed E-state index contributed by atoms with van der Waals surface area (Å²) in [6.45, 7) is 0. The minimum atomic E-state index is -4.83. The van der Waals surface area contributed by atoms with Crippen molar-refractivity contribution in [2.45, 2.75) is 16.0 Å². The van der Waals surface area contributed by atoms with E-state index in [2.05, 4.69) is 26.0 Å². The van der Waals surface area contributed by atoms with Crippen LogP contribution in [0, 0.1) is 4.91 Å². The van der Waals surface area contributed by atoms with Gasteiger partial charge < -0.3 is 0 Å². The molecule has 182 valence electrons. The maximum absolute atomic E-state index is 14.6. The topological polar surface area (TPSA) is 76.3 Å². The van der Waals surface area contributed by atoms with Crippen molar-refractivity contribution in [3.8, 4) is 21.7 Å². The van der Waals surface area contributed by atoms with Crippen molar-refractivity contribution in [1.29, 1.82) is 0 Å². The number of fused-ring (bicyclic) bond motifs is 1. The van der Waals surface area contributed by atoms with Gasteiger partial charge in [0, 0.05) is 32.0 Å². The van der Waals surface area contributed by atoms with Crippen LogP contribution in [0.4, 0.5) is 18.9 Å². The predicted octanol–water partition coefficient (Wildman–Crippen LogP) is 7.99. The van der Waals surface area contributed by atoms with Gasteiger partial charge in [-0.25, -0.2) is 9.50 Å². The number of hydrogen-bond acceptors (Lipinski definition) is 5. The lowest BCUT2D eigenvalue weighted by molar-refractivity contribution is -0.474. The van der Waals surface area contributed by atoms with Crippen molar-refractivity contribution < 1.29 is 18.0 Å². The Bertz CT molecular complexity index is 1610. The second kappa shape index (κ2) is 9.51. The Morgan fingerprint density at radius 2 is 1.86 bits per heavy atom. The number of thiophene rings is 1. The summed E-state index contributed by atoms with van der Waals surface area (Å²) >= 11 is 12.0. The smallest absolute Gasteiger partial charge is 0.226 e. The van der Waals surface area contributed by atoms with E-state index in [1.165, 1.54) is 35.2 Å². The van der Waals surface area contributed by atoms with Gasteiger partial charge in [-0.15, -0.1) is 11.3 Å². The molecular formula is C23H13BrClF3N5OS2+. The summed E-state index contributed by atoms with van der Waals surface area (Å²) < 4.78 is 45.4. The van der Waals surface area contributed by atoms with Crippen LogP contribution in [0.5, 0.6) is 0 Å². The first-order chi connectivity index (χ1) is 17.1. The van der Waals surface area contributed by atoms with Crippen molar-refractivity contribution >= 4 is 62.0 Å². The van der Waals surface area contributed by atoms with E-state index < -0.39 is 11.9 Å². The second-order valence-corrected chi connectivity index (χ2v) is 10.9. The highest BCUT2D eigenvalue weighted by molar-refractivity contribution is 9.10. The third-order valence-corrected chi connectivity index (χ3v) is 7.76. The molecule has 3 heterocycles. The summed E-state index contributed by atoms with van der Waals surface area (Å²) in [5.74, 6) is 5.48. The van der Waals surface area contributed by atoms with Crippen molar-refractivity contribution in [2.24, 2.45) is 5.84 Å². The summed E-state index contributed by atoms with van der Waals surface area (Å²) in [7, 11) is 0. The quantitative estimate of drug-likeness (QED) is 0.124. The highest BCUT2D eigenvalue weighted by Gasteiger charge is 2.40. The van der Waals surface area contributed by atoms with E-state index in [-0.39, 0.29) is 38.0 Å². The van der Waals surface area contributed by atoms with E-state index in [4.69, 9.17) is 17.4 Å². The Hall–Kier alpha value is -2.93. The van der Waals surface area contributed by atoms with Crippen LogP contribution in [0.2, 0.25) is 5.02 Å². The van der Waals surface area contributed by atoms with Gasteiger partial charge in [-0.3, -0.25) is 0 Å². The molecule has 0 fully saturated rings. The molecule has 0 saturated carbocycles. The molecule has 0 saturated heterocycles. The first-order valence-corrected chi connectivity index (χ1v) is 13.0. The van der Waals surface area contributed by atoms with Crippen LogP contribution in [-0.2, 0) is 6.18 Å². The van der Waals surface area contributed by atoms with Gasteiger partial charge in [0.2, 0.25) is 0 Å². The standard InChI is InChI=1S/C23H13BrClF3N5OS2/c24-13-3-5-15(6-4-13)36-16-9-12(8-14(10-16)33(29)34)19-20(18-2-1-7-35-18)31-22-17(25)11-30-32(22)21(19)23(26,27)28/h1-11H,(H2,29,34)/q+1. The summed E-state index contributed by atoms with van der Waals surface area (Å²) in [5, 5.41) is 5.57. The number of aromatic nitrogens is 3. The van der Waals surface area contributed by atoms with Gasteiger partial charge >= 0.3 is 6.18 Å². The molecule has 2 aromatic carbocycles. The Balaban J connectivity index is 1.83. The Labute approximate surface area is 223 Å². The molecule has 0 atom stereocenters. The fraction of sp³-hybridized carbons (Fsp3) is 0.0435. The van der Waals surface area contributed by atoms with Gasteiger partial charge in [-0.05, 0) is 47.3 Å². The van der Waals surface area contributed by atoms with Crippen LogP contribution < -0.4 is 5.84 Å². The van der Waals surface area contributed by atoms with Crippen molar-refractivity contribution in [3.63, 3.8) is 0 Å². The highest BCUT2D eigenvalue weighted by atomic mass is 79.9. The molecule has 0 aliphatic rings. The molecular weight excluding hydrogens is 599 g/mol. The zero-order valence-electron chi connectivity index (χ0n) is 17.8. The molecule has 0 aliphatic heterocycles. The van der Waals surface area contributed by atoms with E-state index in [0.29, 0.717) is 14.3 Å². The molecule has 13 heteroatoms. The van der Waals surface area contributed by atoms with Gasteiger partial charge in [-0.1, -0.05) is 45.4 Å². The van der Waals surface area contributed by atoms with Crippen LogP contribution in [0.25, 0.3) is 27.3 Å². The van der Waals surface area contributed by atoms with Crippen molar-refractivity contribution in [2.75, 3.05) is 0 Å². The molecule has 0 radical (unpaired) electrons. The van der Waals surface area contributed by atoms with Crippen LogP contribution in [-0.4, -0.2) is 19.5 Å². The first kappa shape index (κ1) is 24.8. The minimum absolute atomic E-state index is 0.0159. The Morgan fingerprint density at radius 3 is 2.50 bits per heavy atom. The molecule has 6 nitrogen and oxygen atoms in total. The molecule has 5 rings (SSSR count). The molecule has 0 aliphatic carbocycles. The fourth-order valence-electron chi connectivity index (χ4n) is 3.65.